The molecule has 0 unspecified atom stereocenters. The Morgan fingerprint density at radius 3 is 2.50 bits per heavy atom. The second-order valence-corrected chi connectivity index (χ2v) is 4.93. The molecule has 3 nitrogen and oxygen atoms in total. The number of aliphatic hydroxyl groups is 1. The van der Waals surface area contributed by atoms with Gasteiger partial charge in [0.25, 0.3) is 0 Å². The van der Waals surface area contributed by atoms with Gasteiger partial charge in [-0.2, -0.15) is 0 Å². The number of benzene rings is 1. The van der Waals surface area contributed by atoms with Crippen LogP contribution in [-0.4, -0.2) is 18.3 Å². The number of rotatable bonds is 4. The Labute approximate surface area is 115 Å². The zero-order valence-corrected chi connectivity index (χ0v) is 11.7. The summed E-state index contributed by atoms with van der Waals surface area (Å²) in [6.07, 6.45) is 3.00. The van der Waals surface area contributed by atoms with Crippen molar-refractivity contribution in [3.8, 4) is 5.75 Å². The third-order valence-corrected chi connectivity index (χ3v) is 3.84. The van der Waals surface area contributed by atoms with Crippen LogP contribution in [0.4, 0.5) is 0 Å². The molecule has 2 rings (SSSR count). The van der Waals surface area contributed by atoms with Crippen LogP contribution in [0.3, 0.4) is 0 Å². The summed E-state index contributed by atoms with van der Waals surface area (Å²) in [5.41, 5.74) is 8.25. The average molecular weight is 272 g/mol. The monoisotopic (exact) mass is 271 g/mol. The molecule has 1 aliphatic rings. The van der Waals surface area contributed by atoms with Gasteiger partial charge in [-0.3, -0.25) is 0 Å². The van der Waals surface area contributed by atoms with E-state index in [9.17, 15) is 5.11 Å². The van der Waals surface area contributed by atoms with Gasteiger partial charge in [0.05, 0.1) is 19.3 Å². The van der Waals surface area contributed by atoms with E-state index in [1.54, 1.807) is 7.11 Å². The lowest BCUT2D eigenvalue weighted by atomic mass is 9.77. The second kappa shape index (κ2) is 6.41. The van der Waals surface area contributed by atoms with Crippen LogP contribution in [0.2, 0.25) is 0 Å². The van der Waals surface area contributed by atoms with Gasteiger partial charge in [0.15, 0.2) is 0 Å². The molecule has 1 aromatic carbocycles. The summed E-state index contributed by atoms with van der Waals surface area (Å²) >= 11 is 0. The number of methoxy groups -OCH3 is 1. The fourth-order valence-electron chi connectivity index (χ4n) is 2.41. The van der Waals surface area contributed by atoms with Gasteiger partial charge in [-0.25, -0.2) is 0 Å². The van der Waals surface area contributed by atoms with E-state index in [-0.39, 0.29) is 18.4 Å². The molecule has 1 fully saturated rings. The molecule has 0 heterocycles. The molecule has 1 aliphatic carbocycles. The first-order valence-electron chi connectivity index (χ1n) is 6.21. The number of hydrogen-bond acceptors (Lipinski definition) is 3. The third kappa shape index (κ3) is 2.97. The number of ether oxygens (including phenoxy) is 1. The number of nitrogens with two attached hydrogens (primary N) is 1. The molecule has 1 aromatic rings. The predicted octanol–water partition coefficient (Wildman–Crippen LogP) is 2.59. The van der Waals surface area contributed by atoms with E-state index in [0.29, 0.717) is 5.92 Å². The smallest absolute Gasteiger partial charge is 0.119 e. The van der Waals surface area contributed by atoms with Crippen LogP contribution in [0, 0.1) is 12.8 Å². The maximum atomic E-state index is 10.2. The van der Waals surface area contributed by atoms with Crippen molar-refractivity contribution in [1.82, 2.24) is 0 Å². The molecule has 1 saturated carbocycles. The van der Waals surface area contributed by atoms with Crippen LogP contribution in [-0.2, 0) is 0 Å². The van der Waals surface area contributed by atoms with Gasteiger partial charge in [-0.15, -0.1) is 12.4 Å². The molecular weight excluding hydrogens is 250 g/mol. The first-order chi connectivity index (χ1) is 8.13. The lowest BCUT2D eigenvalue weighted by molar-refractivity contribution is 0.0412. The van der Waals surface area contributed by atoms with E-state index < -0.39 is 6.10 Å². The topological polar surface area (TPSA) is 55.5 Å². The Morgan fingerprint density at radius 1 is 1.39 bits per heavy atom. The highest BCUT2D eigenvalue weighted by Crippen LogP contribution is 2.35. The zero-order chi connectivity index (χ0) is 12.4. The predicted molar refractivity (Wildman–Crippen MR) is 75.3 cm³/mol. The summed E-state index contributed by atoms with van der Waals surface area (Å²) in [5.74, 6) is 1.21. The molecule has 102 valence electrons. The quantitative estimate of drug-likeness (QED) is 0.885. The highest BCUT2D eigenvalue weighted by atomic mass is 35.5. The van der Waals surface area contributed by atoms with Crippen molar-refractivity contribution in [3.63, 3.8) is 0 Å². The lowest BCUT2D eigenvalue weighted by Gasteiger charge is -2.34. The molecule has 4 heteroatoms. The highest BCUT2D eigenvalue weighted by Gasteiger charge is 2.31. The van der Waals surface area contributed by atoms with E-state index in [1.165, 1.54) is 6.42 Å². The van der Waals surface area contributed by atoms with Crippen molar-refractivity contribution in [1.29, 1.82) is 0 Å². The largest absolute Gasteiger partial charge is 0.497 e. The Balaban J connectivity index is 0.00000162. The van der Waals surface area contributed by atoms with Crippen LogP contribution in [0.1, 0.15) is 36.4 Å². The van der Waals surface area contributed by atoms with Gasteiger partial charge in [0.2, 0.25) is 0 Å². The van der Waals surface area contributed by atoms with Crippen molar-refractivity contribution in [2.24, 2.45) is 11.7 Å². The maximum absolute atomic E-state index is 10.2. The molecule has 0 radical (unpaired) electrons. The van der Waals surface area contributed by atoms with Crippen LogP contribution >= 0.6 is 12.4 Å². The molecule has 0 aromatic heterocycles. The molecule has 0 saturated heterocycles. The second-order valence-electron chi connectivity index (χ2n) is 4.93. The summed E-state index contributed by atoms with van der Waals surface area (Å²) < 4.78 is 5.17. The molecule has 18 heavy (non-hydrogen) atoms. The lowest BCUT2D eigenvalue weighted by Crippen LogP contribution is -2.36. The van der Waals surface area contributed by atoms with Crippen molar-refractivity contribution < 1.29 is 9.84 Å². The van der Waals surface area contributed by atoms with Gasteiger partial charge in [-0.1, -0.05) is 12.5 Å². The standard InChI is InChI=1S/C14H21NO2.ClH/c1-9-8-11(17-2)6-7-12(9)13(15)14(16)10-4-3-5-10;/h6-8,10,13-14,16H,3-5,15H2,1-2H3;1H/t13-,14+;/m1./s1. The Bertz CT molecular complexity index is 393. The minimum absolute atomic E-state index is 0. The molecule has 0 amide bonds. The maximum Gasteiger partial charge on any atom is 0.119 e. The van der Waals surface area contributed by atoms with E-state index in [0.717, 1.165) is 29.7 Å². The van der Waals surface area contributed by atoms with Gasteiger partial charge >= 0.3 is 0 Å². The Morgan fingerprint density at radius 2 is 2.06 bits per heavy atom. The Hall–Kier alpha value is -0.770. The normalized spacial score (nSPS) is 18.4. The fourth-order valence-corrected chi connectivity index (χ4v) is 2.41. The number of aryl methyl sites for hydroxylation is 1. The summed E-state index contributed by atoms with van der Waals surface area (Å²) in [4.78, 5) is 0. The van der Waals surface area contributed by atoms with Crippen molar-refractivity contribution in [2.75, 3.05) is 7.11 Å². The van der Waals surface area contributed by atoms with Crippen LogP contribution in [0.15, 0.2) is 18.2 Å². The molecule has 0 bridgehead atoms. The van der Waals surface area contributed by atoms with Gasteiger partial charge in [0, 0.05) is 0 Å². The molecule has 2 atom stereocenters. The number of aliphatic hydroxyl groups excluding tert-OH is 1. The first-order valence-corrected chi connectivity index (χ1v) is 6.21. The van der Waals surface area contributed by atoms with Gasteiger partial charge in [0.1, 0.15) is 5.75 Å². The van der Waals surface area contributed by atoms with Gasteiger partial charge < -0.3 is 15.6 Å². The van der Waals surface area contributed by atoms with Crippen molar-refractivity contribution >= 4 is 12.4 Å². The molecule has 0 spiro atoms. The average Bonchev–Trinajstić information content (AvgIpc) is 2.25. The first kappa shape index (κ1) is 15.3. The summed E-state index contributed by atoms with van der Waals surface area (Å²) in [7, 11) is 1.65. The molecule has 0 aliphatic heterocycles. The fraction of sp³-hybridized carbons (Fsp3) is 0.571. The minimum Gasteiger partial charge on any atom is -0.497 e. The number of halogens is 1. The third-order valence-electron chi connectivity index (χ3n) is 3.84. The van der Waals surface area contributed by atoms with E-state index in [2.05, 4.69) is 0 Å². The Kier molecular flexibility index (Phi) is 5.45. The summed E-state index contributed by atoms with van der Waals surface area (Å²) in [6, 6.07) is 5.53. The van der Waals surface area contributed by atoms with Crippen LogP contribution in [0.25, 0.3) is 0 Å². The summed E-state index contributed by atoms with van der Waals surface area (Å²) in [6.45, 7) is 2.01. The minimum atomic E-state index is -0.421. The van der Waals surface area contributed by atoms with E-state index in [4.69, 9.17) is 10.5 Å². The summed E-state index contributed by atoms with van der Waals surface area (Å²) in [5, 5.41) is 10.2. The number of hydrogen-bond donors (Lipinski definition) is 2. The van der Waals surface area contributed by atoms with Crippen molar-refractivity contribution in [3.05, 3.63) is 29.3 Å². The van der Waals surface area contributed by atoms with E-state index >= 15 is 0 Å². The van der Waals surface area contributed by atoms with Crippen LogP contribution < -0.4 is 10.5 Å². The zero-order valence-electron chi connectivity index (χ0n) is 10.9. The van der Waals surface area contributed by atoms with Crippen molar-refractivity contribution in [2.45, 2.75) is 38.3 Å². The van der Waals surface area contributed by atoms with Gasteiger partial charge in [-0.05, 0) is 48.9 Å². The molecule has 3 N–H and O–H groups in total. The molecular formula is C14H22ClNO2. The SMILES string of the molecule is COc1ccc([C@@H](N)[C@@H](O)C2CCC2)c(C)c1.Cl. The van der Waals surface area contributed by atoms with E-state index in [1.807, 2.05) is 25.1 Å². The highest BCUT2D eigenvalue weighted by molar-refractivity contribution is 5.85. The van der Waals surface area contributed by atoms with Crippen LogP contribution in [0.5, 0.6) is 5.75 Å².